The van der Waals surface area contributed by atoms with Gasteiger partial charge in [0.2, 0.25) is 5.91 Å². The molecule has 1 unspecified atom stereocenters. The number of amides is 1. The van der Waals surface area contributed by atoms with E-state index in [1.165, 1.54) is 22.2 Å². The van der Waals surface area contributed by atoms with Crippen molar-refractivity contribution in [1.82, 2.24) is 10.2 Å². The predicted molar refractivity (Wildman–Crippen MR) is 166 cm³/mol. The van der Waals surface area contributed by atoms with Crippen molar-refractivity contribution >= 4 is 46.7 Å². The van der Waals surface area contributed by atoms with E-state index in [1.807, 2.05) is 0 Å². The number of carbonyl (C=O) groups excluding carboxylic acids is 1. The van der Waals surface area contributed by atoms with Crippen LogP contribution in [-0.4, -0.2) is 39.0 Å². The van der Waals surface area contributed by atoms with Gasteiger partial charge >= 0.3 is 5.97 Å². The lowest BCUT2D eigenvalue weighted by atomic mass is 9.73. The second kappa shape index (κ2) is 13.1. The Balaban J connectivity index is 1.52. The summed E-state index contributed by atoms with van der Waals surface area (Å²) in [6.07, 6.45) is 12.5. The zero-order valence-electron chi connectivity index (χ0n) is 23.5. The van der Waals surface area contributed by atoms with Crippen molar-refractivity contribution in [2.45, 2.75) is 77.0 Å². The molecule has 1 aromatic rings. The molecule has 0 saturated carbocycles. The SMILES string of the molecule is C=C(C)[C@@H]1CCC(C)=C[C@H]1c1c(N)cc(CCCCC)cc1OC(=S)NC/C=C/C1=C(C(=O)O)N2C(=O)CC2S1. The number of carboxylic acid groups (broad SMARTS) is 1. The Bertz CT molecular complexity index is 1300. The van der Waals surface area contributed by atoms with Crippen molar-refractivity contribution in [3.05, 3.63) is 69.8 Å². The number of β-lactam (4-membered cyclic amide) rings is 1. The second-order valence-electron chi connectivity index (χ2n) is 10.8. The van der Waals surface area contributed by atoms with Gasteiger partial charge in [-0.05, 0) is 81.4 Å². The maximum Gasteiger partial charge on any atom is 0.353 e. The molecule has 0 spiro atoms. The zero-order chi connectivity index (χ0) is 29.0. The number of thioether (sulfide) groups is 1. The summed E-state index contributed by atoms with van der Waals surface area (Å²) in [5.41, 5.74) is 12.0. The maximum absolute atomic E-state index is 11.8. The number of carbonyl (C=O) groups is 2. The highest BCUT2D eigenvalue weighted by Crippen LogP contribution is 2.47. The van der Waals surface area contributed by atoms with Crippen molar-refractivity contribution < 1.29 is 19.4 Å². The Hall–Kier alpha value is -3.04. The fourth-order valence-electron chi connectivity index (χ4n) is 5.62. The Labute approximate surface area is 246 Å². The highest BCUT2D eigenvalue weighted by Gasteiger charge is 2.47. The molecule has 214 valence electrons. The minimum absolute atomic E-state index is 0.0456. The molecule has 1 fully saturated rings. The van der Waals surface area contributed by atoms with Gasteiger partial charge in [-0.25, -0.2) is 4.79 Å². The summed E-state index contributed by atoms with van der Waals surface area (Å²) in [5.74, 6) is -0.265. The summed E-state index contributed by atoms with van der Waals surface area (Å²) in [7, 11) is 0. The van der Waals surface area contributed by atoms with E-state index < -0.39 is 5.97 Å². The number of fused-ring (bicyclic) bond motifs is 1. The van der Waals surface area contributed by atoms with Crippen LogP contribution in [0.15, 0.2) is 58.7 Å². The first-order chi connectivity index (χ1) is 19.1. The van der Waals surface area contributed by atoms with Gasteiger partial charge in [0.15, 0.2) is 0 Å². The lowest BCUT2D eigenvalue weighted by Crippen LogP contribution is -2.48. The van der Waals surface area contributed by atoms with Gasteiger partial charge in [0.1, 0.15) is 11.4 Å². The average molecular weight is 582 g/mol. The van der Waals surface area contributed by atoms with Crippen LogP contribution in [-0.2, 0) is 16.0 Å². The number of rotatable bonds is 11. The number of nitrogen functional groups attached to an aromatic ring is 1. The standard InChI is InChI=1S/C31H39N3O4S2/c1-5-6-7-9-20-15-23(32)28(22-14-19(4)11-12-21(22)18(2)3)24(16-20)38-31(39)33-13-8-10-25-29(30(36)37)34-26(35)17-27(34)40-25/h8,10,14-16,21-22,27H,2,5-7,9,11-13,17,32H2,1,3-4H3,(H,33,39)(H,36,37)/b10-8+/t21-,22+,27?/m0/s1. The molecule has 4 N–H and O–H groups in total. The third kappa shape index (κ3) is 6.63. The molecule has 0 bridgehead atoms. The van der Waals surface area contributed by atoms with Gasteiger partial charge in [-0.15, -0.1) is 0 Å². The molecular formula is C31H39N3O4S2. The number of hydrogen-bond donors (Lipinski definition) is 3. The molecule has 3 aliphatic rings. The van der Waals surface area contributed by atoms with Crippen LogP contribution in [0.3, 0.4) is 0 Å². The van der Waals surface area contributed by atoms with Crippen molar-refractivity contribution in [3.63, 3.8) is 0 Å². The van der Waals surface area contributed by atoms with Crippen LogP contribution in [0.4, 0.5) is 5.69 Å². The maximum atomic E-state index is 11.8. The minimum atomic E-state index is -1.10. The molecule has 3 atom stereocenters. The smallest absolute Gasteiger partial charge is 0.353 e. The molecule has 40 heavy (non-hydrogen) atoms. The third-order valence-electron chi connectivity index (χ3n) is 7.70. The summed E-state index contributed by atoms with van der Waals surface area (Å²) in [4.78, 5) is 25.5. The molecule has 2 heterocycles. The first-order valence-electron chi connectivity index (χ1n) is 13.9. The van der Waals surface area contributed by atoms with E-state index in [1.54, 1.807) is 12.2 Å². The highest BCUT2D eigenvalue weighted by atomic mass is 32.2. The largest absolute Gasteiger partial charge is 0.477 e. The topological polar surface area (TPSA) is 105 Å². The van der Waals surface area contributed by atoms with E-state index in [0.29, 0.717) is 29.3 Å². The lowest BCUT2D eigenvalue weighted by molar-refractivity contribution is -0.145. The lowest BCUT2D eigenvalue weighted by Gasteiger charge is -2.33. The van der Waals surface area contributed by atoms with Crippen LogP contribution in [0.1, 0.15) is 76.3 Å². The third-order valence-corrected chi connectivity index (χ3v) is 9.16. The van der Waals surface area contributed by atoms with Gasteiger partial charge in [-0.1, -0.05) is 61.4 Å². The van der Waals surface area contributed by atoms with Gasteiger partial charge in [-0.3, -0.25) is 9.69 Å². The van der Waals surface area contributed by atoms with Crippen LogP contribution in [0.2, 0.25) is 0 Å². The monoisotopic (exact) mass is 581 g/mol. The van der Waals surface area contributed by atoms with Crippen molar-refractivity contribution in [2.24, 2.45) is 5.92 Å². The molecule has 1 amide bonds. The number of aliphatic carboxylic acids is 1. The Morgan fingerprint density at radius 2 is 2.15 bits per heavy atom. The van der Waals surface area contributed by atoms with Gasteiger partial charge in [0.25, 0.3) is 5.17 Å². The number of anilines is 1. The molecule has 9 heteroatoms. The van der Waals surface area contributed by atoms with Crippen LogP contribution < -0.4 is 15.8 Å². The molecule has 0 radical (unpaired) electrons. The normalized spacial score (nSPS) is 22.2. The molecule has 7 nitrogen and oxygen atoms in total. The molecule has 2 aliphatic heterocycles. The first-order valence-corrected chi connectivity index (χ1v) is 15.2. The fraction of sp³-hybridized carbons (Fsp3) is 0.452. The number of nitrogens with one attached hydrogen (secondary N) is 1. The molecule has 1 aliphatic carbocycles. The molecule has 1 saturated heterocycles. The number of nitrogens with two attached hydrogens (primary N) is 1. The number of benzene rings is 1. The van der Waals surface area contributed by atoms with Gasteiger partial charge in [0, 0.05) is 28.6 Å². The van der Waals surface area contributed by atoms with Gasteiger partial charge < -0.3 is 20.9 Å². The van der Waals surface area contributed by atoms with Crippen molar-refractivity contribution in [3.8, 4) is 5.75 Å². The van der Waals surface area contributed by atoms with Crippen molar-refractivity contribution in [2.75, 3.05) is 12.3 Å². The molecular weight excluding hydrogens is 542 g/mol. The summed E-state index contributed by atoms with van der Waals surface area (Å²) >= 11 is 6.96. The summed E-state index contributed by atoms with van der Waals surface area (Å²) in [6.45, 7) is 11.0. The minimum Gasteiger partial charge on any atom is -0.477 e. The fourth-order valence-corrected chi connectivity index (χ4v) is 7.11. The van der Waals surface area contributed by atoms with E-state index in [2.05, 4.69) is 50.9 Å². The number of allylic oxidation sites excluding steroid dienone is 4. The predicted octanol–water partition coefficient (Wildman–Crippen LogP) is 6.43. The summed E-state index contributed by atoms with van der Waals surface area (Å²) in [5, 5.41) is 12.8. The summed E-state index contributed by atoms with van der Waals surface area (Å²) < 4.78 is 6.26. The Kier molecular flexibility index (Phi) is 9.79. The second-order valence-corrected chi connectivity index (χ2v) is 12.4. The number of aryl methyl sites for hydroxylation is 1. The average Bonchev–Trinajstić information content (AvgIpc) is 3.18. The number of hydrogen-bond acceptors (Lipinski definition) is 6. The highest BCUT2D eigenvalue weighted by molar-refractivity contribution is 8.04. The van der Waals surface area contributed by atoms with E-state index in [0.717, 1.165) is 55.2 Å². The number of thiocarbonyl (C=S) groups is 1. The number of carboxylic acids is 1. The van der Waals surface area contributed by atoms with Crippen molar-refractivity contribution in [1.29, 1.82) is 0 Å². The van der Waals surface area contributed by atoms with Crippen LogP contribution >= 0.6 is 24.0 Å². The quantitative estimate of drug-likeness (QED) is 0.0903. The molecule has 1 aromatic carbocycles. The van der Waals surface area contributed by atoms with E-state index in [-0.39, 0.29) is 34.0 Å². The van der Waals surface area contributed by atoms with E-state index in [9.17, 15) is 14.7 Å². The van der Waals surface area contributed by atoms with Crippen LogP contribution in [0.5, 0.6) is 5.75 Å². The Morgan fingerprint density at radius 1 is 1.38 bits per heavy atom. The van der Waals surface area contributed by atoms with Gasteiger partial charge in [-0.2, -0.15) is 0 Å². The van der Waals surface area contributed by atoms with E-state index in [4.69, 9.17) is 22.7 Å². The Morgan fingerprint density at radius 3 is 2.83 bits per heavy atom. The number of nitrogens with zero attached hydrogens (tertiary/aromatic N) is 1. The zero-order valence-corrected chi connectivity index (χ0v) is 25.1. The van der Waals surface area contributed by atoms with E-state index >= 15 is 0 Å². The van der Waals surface area contributed by atoms with Gasteiger partial charge in [0.05, 0.1) is 11.8 Å². The first kappa shape index (κ1) is 29.9. The van der Waals surface area contributed by atoms with Crippen LogP contribution in [0.25, 0.3) is 0 Å². The number of ether oxygens (including phenoxy) is 1. The number of unbranched alkanes of at least 4 members (excludes halogenated alkanes) is 2. The van der Waals surface area contributed by atoms with Crippen LogP contribution in [0, 0.1) is 5.92 Å². The molecule has 4 rings (SSSR count). The summed E-state index contributed by atoms with van der Waals surface area (Å²) in [6, 6.07) is 4.14. The molecule has 0 aromatic heterocycles.